The highest BCUT2D eigenvalue weighted by molar-refractivity contribution is 7.16. The van der Waals surface area contributed by atoms with Crippen molar-refractivity contribution >= 4 is 39.8 Å². The van der Waals surface area contributed by atoms with Crippen LogP contribution in [-0.2, 0) is 4.74 Å². The van der Waals surface area contributed by atoms with E-state index in [-0.39, 0.29) is 17.9 Å². The second kappa shape index (κ2) is 8.59. The van der Waals surface area contributed by atoms with Gasteiger partial charge in [-0.05, 0) is 44.5 Å². The summed E-state index contributed by atoms with van der Waals surface area (Å²) in [6.45, 7) is 5.54. The summed E-state index contributed by atoms with van der Waals surface area (Å²) in [4.78, 5) is 38.2. The van der Waals surface area contributed by atoms with E-state index in [0.29, 0.717) is 15.7 Å². The number of carbonyl (C=O) groups is 2. The Morgan fingerprint density at radius 2 is 2.03 bits per heavy atom. The lowest BCUT2D eigenvalue weighted by Crippen LogP contribution is -2.25. The van der Waals surface area contributed by atoms with Crippen molar-refractivity contribution in [2.24, 2.45) is 0 Å². The van der Waals surface area contributed by atoms with E-state index < -0.39 is 17.3 Å². The summed E-state index contributed by atoms with van der Waals surface area (Å²) < 4.78 is 6.47. The molecule has 150 valence electrons. The molecule has 0 saturated carbocycles. The lowest BCUT2D eigenvalue weighted by molar-refractivity contribution is 0.0527. The molecular weight excluding hydrogens is 414 g/mol. The number of aromatic nitrogens is 2. The zero-order valence-corrected chi connectivity index (χ0v) is 17.6. The van der Waals surface area contributed by atoms with Crippen LogP contribution in [0.15, 0.2) is 41.3 Å². The number of aryl methyl sites for hydroxylation is 1. The molecule has 2 heterocycles. The third-order valence-electron chi connectivity index (χ3n) is 4.19. The molecule has 1 aromatic carbocycles. The molecule has 0 bridgehead atoms. The molecule has 1 N–H and O–H groups in total. The van der Waals surface area contributed by atoms with Gasteiger partial charge in [-0.2, -0.15) is 5.10 Å². The van der Waals surface area contributed by atoms with Gasteiger partial charge in [-0.3, -0.25) is 9.59 Å². The summed E-state index contributed by atoms with van der Waals surface area (Å²) in [6, 6.07) is 8.10. The highest BCUT2D eigenvalue weighted by Crippen LogP contribution is 2.33. The van der Waals surface area contributed by atoms with Crippen LogP contribution in [0.1, 0.15) is 38.2 Å². The highest BCUT2D eigenvalue weighted by atomic mass is 35.5. The van der Waals surface area contributed by atoms with E-state index in [0.717, 1.165) is 10.4 Å². The van der Waals surface area contributed by atoms with Crippen molar-refractivity contribution < 1.29 is 14.3 Å². The lowest BCUT2D eigenvalue weighted by Gasteiger charge is -2.09. The molecule has 3 rings (SSSR count). The van der Waals surface area contributed by atoms with Crippen molar-refractivity contribution in [3.63, 3.8) is 0 Å². The van der Waals surface area contributed by atoms with Crippen molar-refractivity contribution in [1.29, 1.82) is 0 Å². The molecule has 2 aromatic heterocycles. The molecule has 0 saturated heterocycles. The van der Waals surface area contributed by atoms with Gasteiger partial charge in [0.2, 0.25) is 5.43 Å². The Morgan fingerprint density at radius 1 is 1.28 bits per heavy atom. The number of hydrogen-bond donors (Lipinski definition) is 1. The number of carbonyl (C=O) groups excluding carboxylic acids is 2. The van der Waals surface area contributed by atoms with Crippen molar-refractivity contribution in [3.05, 3.63) is 73.5 Å². The van der Waals surface area contributed by atoms with Gasteiger partial charge in [0.25, 0.3) is 5.91 Å². The highest BCUT2D eigenvalue weighted by Gasteiger charge is 2.24. The number of nitrogens with zero attached hydrogens (tertiary/aromatic N) is 2. The molecular formula is C20H18ClN3O4S. The summed E-state index contributed by atoms with van der Waals surface area (Å²) >= 11 is 7.24. The first-order chi connectivity index (χ1) is 13.8. The van der Waals surface area contributed by atoms with Crippen molar-refractivity contribution in [2.45, 2.75) is 20.8 Å². The molecule has 0 aliphatic heterocycles. The number of rotatable bonds is 5. The molecule has 0 unspecified atom stereocenters. The standard InChI is InChI=1S/C20H18ClN3O4S/c1-4-28-20(27)16-11(2)12(3)29-19(16)22-18(26)17-15(25)8-9-24(23-17)14-7-5-6-13(21)10-14/h5-10H,4H2,1-3H3,(H,22,26). The molecule has 0 radical (unpaired) electrons. The van der Waals surface area contributed by atoms with Crippen molar-refractivity contribution in [3.8, 4) is 5.69 Å². The fourth-order valence-corrected chi connectivity index (χ4v) is 3.88. The van der Waals surface area contributed by atoms with Crippen LogP contribution < -0.4 is 10.7 Å². The van der Waals surface area contributed by atoms with E-state index in [1.54, 1.807) is 38.1 Å². The first-order valence-electron chi connectivity index (χ1n) is 8.76. The summed E-state index contributed by atoms with van der Waals surface area (Å²) in [5, 5.41) is 7.60. The predicted octanol–water partition coefficient (Wildman–Crippen LogP) is 3.99. The molecule has 0 spiro atoms. The normalized spacial score (nSPS) is 10.6. The van der Waals surface area contributed by atoms with E-state index in [9.17, 15) is 14.4 Å². The smallest absolute Gasteiger partial charge is 0.341 e. The third kappa shape index (κ3) is 4.38. The first kappa shape index (κ1) is 20.8. The minimum atomic E-state index is -0.710. The van der Waals surface area contributed by atoms with E-state index in [2.05, 4.69) is 10.4 Å². The van der Waals surface area contributed by atoms with Gasteiger partial charge in [0.1, 0.15) is 5.00 Å². The first-order valence-corrected chi connectivity index (χ1v) is 9.95. The van der Waals surface area contributed by atoms with Crippen LogP contribution >= 0.6 is 22.9 Å². The average molecular weight is 432 g/mol. The maximum atomic E-state index is 12.8. The van der Waals surface area contributed by atoms with Gasteiger partial charge in [0.05, 0.1) is 17.9 Å². The Balaban J connectivity index is 1.96. The molecule has 0 fully saturated rings. The van der Waals surface area contributed by atoms with Crippen LogP contribution in [-0.4, -0.2) is 28.3 Å². The van der Waals surface area contributed by atoms with E-state index in [4.69, 9.17) is 16.3 Å². The van der Waals surface area contributed by atoms with Gasteiger partial charge >= 0.3 is 5.97 Å². The monoisotopic (exact) mass is 431 g/mol. The van der Waals surface area contributed by atoms with Gasteiger partial charge in [0, 0.05) is 22.2 Å². The largest absolute Gasteiger partial charge is 0.462 e. The fraction of sp³-hybridized carbons (Fsp3) is 0.200. The molecule has 3 aromatic rings. The SMILES string of the molecule is CCOC(=O)c1c(NC(=O)c2nn(-c3cccc(Cl)c3)ccc2=O)sc(C)c1C. The number of ether oxygens (including phenoxy) is 1. The Hall–Kier alpha value is -2.97. The van der Waals surface area contributed by atoms with Crippen molar-refractivity contribution in [1.82, 2.24) is 9.78 Å². The van der Waals surface area contributed by atoms with Crippen LogP contribution in [0.25, 0.3) is 5.69 Å². The Morgan fingerprint density at radius 3 is 2.72 bits per heavy atom. The second-order valence-corrected chi connectivity index (χ2v) is 7.78. The summed E-state index contributed by atoms with van der Waals surface area (Å²) in [6.07, 6.45) is 1.45. The Labute approximate surface area is 175 Å². The van der Waals surface area contributed by atoms with E-state index in [1.807, 2.05) is 6.92 Å². The third-order valence-corrected chi connectivity index (χ3v) is 5.55. The van der Waals surface area contributed by atoms with Crippen LogP contribution in [0.3, 0.4) is 0 Å². The maximum Gasteiger partial charge on any atom is 0.341 e. The van der Waals surface area contributed by atoms with Gasteiger partial charge in [-0.25, -0.2) is 9.48 Å². The predicted molar refractivity (Wildman–Crippen MR) is 113 cm³/mol. The van der Waals surface area contributed by atoms with Crippen LogP contribution in [0.2, 0.25) is 5.02 Å². The summed E-state index contributed by atoms with van der Waals surface area (Å²) in [5.41, 5.74) is 0.769. The molecule has 1 amide bonds. The topological polar surface area (TPSA) is 90.3 Å². The summed E-state index contributed by atoms with van der Waals surface area (Å²) in [7, 11) is 0. The van der Waals surface area contributed by atoms with Gasteiger partial charge in [-0.15, -0.1) is 11.3 Å². The fourth-order valence-electron chi connectivity index (χ4n) is 2.65. The molecule has 0 aliphatic rings. The molecule has 0 aliphatic carbocycles. The van der Waals surface area contributed by atoms with Gasteiger partial charge < -0.3 is 10.1 Å². The van der Waals surface area contributed by atoms with E-state index >= 15 is 0 Å². The van der Waals surface area contributed by atoms with Gasteiger partial charge in [0.15, 0.2) is 5.69 Å². The quantitative estimate of drug-likeness (QED) is 0.617. The van der Waals surface area contributed by atoms with Crippen LogP contribution in [0.4, 0.5) is 5.00 Å². The number of halogens is 1. The number of anilines is 1. The maximum absolute atomic E-state index is 12.8. The minimum absolute atomic E-state index is 0.213. The average Bonchev–Trinajstić information content (AvgIpc) is 2.95. The zero-order chi connectivity index (χ0) is 21.1. The number of nitrogens with one attached hydrogen (secondary N) is 1. The van der Waals surface area contributed by atoms with Crippen molar-refractivity contribution in [2.75, 3.05) is 11.9 Å². The number of hydrogen-bond acceptors (Lipinski definition) is 6. The Kier molecular flexibility index (Phi) is 6.14. The number of amides is 1. The molecule has 0 atom stereocenters. The molecule has 29 heavy (non-hydrogen) atoms. The van der Waals surface area contributed by atoms with Crippen LogP contribution in [0.5, 0.6) is 0 Å². The minimum Gasteiger partial charge on any atom is -0.462 e. The van der Waals surface area contributed by atoms with Crippen LogP contribution in [0, 0.1) is 13.8 Å². The van der Waals surface area contributed by atoms with Gasteiger partial charge in [-0.1, -0.05) is 17.7 Å². The lowest BCUT2D eigenvalue weighted by atomic mass is 10.1. The number of benzene rings is 1. The summed E-state index contributed by atoms with van der Waals surface area (Å²) in [5.74, 6) is -1.24. The molecule has 9 heteroatoms. The van der Waals surface area contributed by atoms with E-state index in [1.165, 1.54) is 28.3 Å². The Bertz CT molecular complexity index is 1150. The zero-order valence-electron chi connectivity index (χ0n) is 16.0. The number of esters is 1. The molecule has 7 nitrogen and oxygen atoms in total. The second-order valence-electron chi connectivity index (χ2n) is 6.12. The number of thiophene rings is 1.